The number of carbonyl (C=O) groups is 2. The number of aryl methyl sites for hydroxylation is 1. The van der Waals surface area contributed by atoms with Crippen LogP contribution in [0.4, 0.5) is 0 Å². The molecule has 2 aromatic rings. The molecule has 1 aromatic carbocycles. The minimum absolute atomic E-state index is 0.00203. The minimum atomic E-state index is -0.155. The van der Waals surface area contributed by atoms with Crippen molar-refractivity contribution in [2.75, 3.05) is 6.54 Å². The number of nitrogens with one attached hydrogen (secondary N) is 2. The Bertz CT molecular complexity index is 683. The van der Waals surface area contributed by atoms with Gasteiger partial charge in [-0.05, 0) is 49.2 Å². The highest BCUT2D eigenvalue weighted by atomic mass is 35.5. The Morgan fingerprint density at radius 1 is 1.04 bits per heavy atom. The first-order chi connectivity index (χ1) is 11.6. The Balaban J connectivity index is 1.62. The van der Waals surface area contributed by atoms with Crippen molar-refractivity contribution in [1.29, 1.82) is 0 Å². The summed E-state index contributed by atoms with van der Waals surface area (Å²) in [6.45, 7) is 3.15. The van der Waals surface area contributed by atoms with Crippen molar-refractivity contribution < 1.29 is 9.59 Å². The molecule has 2 rings (SSSR count). The highest BCUT2D eigenvalue weighted by Gasteiger charge is 2.06. The second-order valence-electron chi connectivity index (χ2n) is 5.36. The normalized spacial score (nSPS) is 10.4. The first kappa shape index (κ1) is 18.5. The SMILES string of the molecule is CCc1ccc(CNC(=O)CCCNC(=O)c2ccc(Cl)cc2)s1. The Labute approximate surface area is 151 Å². The predicted molar refractivity (Wildman–Crippen MR) is 98.6 cm³/mol. The quantitative estimate of drug-likeness (QED) is 0.700. The van der Waals surface area contributed by atoms with Gasteiger partial charge in [0.05, 0.1) is 6.54 Å². The van der Waals surface area contributed by atoms with Gasteiger partial charge >= 0.3 is 0 Å². The zero-order valence-electron chi connectivity index (χ0n) is 13.6. The first-order valence-electron chi connectivity index (χ1n) is 7.96. The second kappa shape index (κ2) is 9.45. The van der Waals surface area contributed by atoms with E-state index >= 15 is 0 Å². The van der Waals surface area contributed by atoms with Crippen molar-refractivity contribution in [2.45, 2.75) is 32.7 Å². The third-order valence-corrected chi connectivity index (χ3v) is 4.98. The molecule has 128 valence electrons. The maximum atomic E-state index is 11.9. The van der Waals surface area contributed by atoms with Crippen molar-refractivity contribution in [3.63, 3.8) is 0 Å². The van der Waals surface area contributed by atoms with E-state index in [-0.39, 0.29) is 11.8 Å². The predicted octanol–water partition coefficient (Wildman–Crippen LogP) is 3.79. The molecule has 1 heterocycles. The lowest BCUT2D eigenvalue weighted by molar-refractivity contribution is -0.121. The lowest BCUT2D eigenvalue weighted by Crippen LogP contribution is -2.27. The summed E-state index contributed by atoms with van der Waals surface area (Å²) >= 11 is 7.51. The molecule has 4 nitrogen and oxygen atoms in total. The molecule has 0 fully saturated rings. The van der Waals surface area contributed by atoms with Gasteiger partial charge in [-0.3, -0.25) is 9.59 Å². The first-order valence-corrected chi connectivity index (χ1v) is 9.16. The van der Waals surface area contributed by atoms with Gasteiger partial charge in [-0.25, -0.2) is 0 Å². The molecule has 0 radical (unpaired) electrons. The van der Waals surface area contributed by atoms with Crippen LogP contribution in [0, 0.1) is 0 Å². The van der Waals surface area contributed by atoms with Crippen LogP contribution < -0.4 is 10.6 Å². The van der Waals surface area contributed by atoms with Gasteiger partial charge in [-0.2, -0.15) is 0 Å². The molecule has 2 N–H and O–H groups in total. The minimum Gasteiger partial charge on any atom is -0.352 e. The lowest BCUT2D eigenvalue weighted by atomic mass is 10.2. The summed E-state index contributed by atoms with van der Waals surface area (Å²) in [7, 11) is 0. The van der Waals surface area contributed by atoms with Crippen LogP contribution in [0.25, 0.3) is 0 Å². The van der Waals surface area contributed by atoms with Crippen LogP contribution in [0.1, 0.15) is 39.9 Å². The van der Waals surface area contributed by atoms with Gasteiger partial charge in [-0.1, -0.05) is 18.5 Å². The number of rotatable bonds is 8. The third-order valence-electron chi connectivity index (χ3n) is 3.50. The Hall–Kier alpha value is -1.85. The summed E-state index contributed by atoms with van der Waals surface area (Å²) in [4.78, 5) is 26.2. The fourth-order valence-electron chi connectivity index (χ4n) is 2.14. The third kappa shape index (κ3) is 5.98. The zero-order chi connectivity index (χ0) is 17.4. The van der Waals surface area contributed by atoms with E-state index in [1.54, 1.807) is 35.6 Å². The molecule has 1 aromatic heterocycles. The van der Waals surface area contributed by atoms with Gasteiger partial charge in [0.1, 0.15) is 0 Å². The highest BCUT2D eigenvalue weighted by Crippen LogP contribution is 2.16. The van der Waals surface area contributed by atoms with Gasteiger partial charge in [0.15, 0.2) is 0 Å². The molecule has 24 heavy (non-hydrogen) atoms. The van der Waals surface area contributed by atoms with Crippen LogP contribution in [0.5, 0.6) is 0 Å². The van der Waals surface area contributed by atoms with Gasteiger partial charge < -0.3 is 10.6 Å². The maximum absolute atomic E-state index is 11.9. The second-order valence-corrected chi connectivity index (χ2v) is 7.05. The number of hydrogen-bond acceptors (Lipinski definition) is 3. The zero-order valence-corrected chi connectivity index (χ0v) is 15.2. The highest BCUT2D eigenvalue weighted by molar-refractivity contribution is 7.11. The van der Waals surface area contributed by atoms with E-state index in [0.29, 0.717) is 36.5 Å². The molecule has 2 amide bonds. The van der Waals surface area contributed by atoms with Crippen molar-refractivity contribution in [3.05, 3.63) is 56.7 Å². The number of carbonyl (C=O) groups excluding carboxylic acids is 2. The van der Waals surface area contributed by atoms with Crippen LogP contribution in [0.15, 0.2) is 36.4 Å². The Kier molecular flexibility index (Phi) is 7.28. The van der Waals surface area contributed by atoms with E-state index in [1.165, 1.54) is 4.88 Å². The van der Waals surface area contributed by atoms with Crippen LogP contribution in [-0.4, -0.2) is 18.4 Å². The van der Waals surface area contributed by atoms with Crippen LogP contribution >= 0.6 is 22.9 Å². The molecule has 6 heteroatoms. The van der Waals surface area contributed by atoms with E-state index in [4.69, 9.17) is 11.6 Å². The summed E-state index contributed by atoms with van der Waals surface area (Å²) in [6, 6.07) is 10.9. The van der Waals surface area contributed by atoms with Gasteiger partial charge in [-0.15, -0.1) is 11.3 Å². The van der Waals surface area contributed by atoms with E-state index in [0.717, 1.165) is 11.3 Å². The van der Waals surface area contributed by atoms with Gasteiger partial charge in [0.25, 0.3) is 5.91 Å². The monoisotopic (exact) mass is 364 g/mol. The number of halogens is 1. The van der Waals surface area contributed by atoms with E-state index in [2.05, 4.69) is 29.7 Å². The Morgan fingerprint density at radius 3 is 2.42 bits per heavy atom. The molecule has 0 aliphatic rings. The van der Waals surface area contributed by atoms with Crippen LogP contribution in [0.3, 0.4) is 0 Å². The van der Waals surface area contributed by atoms with E-state index in [9.17, 15) is 9.59 Å². The average Bonchev–Trinajstić information content (AvgIpc) is 3.05. The number of benzene rings is 1. The van der Waals surface area contributed by atoms with Crippen LogP contribution in [0.2, 0.25) is 5.02 Å². The van der Waals surface area contributed by atoms with Gasteiger partial charge in [0.2, 0.25) is 5.91 Å². The van der Waals surface area contributed by atoms with Gasteiger partial charge in [0, 0.05) is 33.3 Å². The summed E-state index contributed by atoms with van der Waals surface area (Å²) in [5.74, 6) is -0.153. The largest absolute Gasteiger partial charge is 0.352 e. The van der Waals surface area contributed by atoms with E-state index < -0.39 is 0 Å². The molecule has 0 saturated carbocycles. The number of hydrogen-bond donors (Lipinski definition) is 2. The standard InChI is InChI=1S/C18H21ClN2O2S/c1-2-15-9-10-16(24-15)12-21-17(22)4-3-11-20-18(23)13-5-7-14(19)8-6-13/h5-10H,2-4,11-12H2,1H3,(H,20,23)(H,21,22). The van der Waals surface area contributed by atoms with Crippen molar-refractivity contribution >= 4 is 34.8 Å². The topological polar surface area (TPSA) is 58.2 Å². The molecular weight excluding hydrogens is 344 g/mol. The molecule has 0 spiro atoms. The molecule has 0 atom stereocenters. The fraction of sp³-hybridized carbons (Fsp3) is 0.333. The fourth-order valence-corrected chi connectivity index (χ4v) is 3.16. The van der Waals surface area contributed by atoms with E-state index in [1.807, 2.05) is 0 Å². The van der Waals surface area contributed by atoms with Crippen molar-refractivity contribution in [2.24, 2.45) is 0 Å². The summed E-state index contributed by atoms with van der Waals surface area (Å²) < 4.78 is 0. The number of amides is 2. The summed E-state index contributed by atoms with van der Waals surface area (Å²) in [6.07, 6.45) is 2.02. The average molecular weight is 365 g/mol. The van der Waals surface area contributed by atoms with Crippen molar-refractivity contribution in [1.82, 2.24) is 10.6 Å². The van der Waals surface area contributed by atoms with Crippen LogP contribution in [-0.2, 0) is 17.8 Å². The van der Waals surface area contributed by atoms with Crippen molar-refractivity contribution in [3.8, 4) is 0 Å². The summed E-state index contributed by atoms with van der Waals surface area (Å²) in [5, 5.41) is 6.30. The molecule has 0 bridgehead atoms. The molecular formula is C18H21ClN2O2S. The number of thiophene rings is 1. The molecule has 0 unspecified atom stereocenters. The maximum Gasteiger partial charge on any atom is 0.251 e. The molecule has 0 aliphatic heterocycles. The summed E-state index contributed by atoms with van der Waals surface area (Å²) in [5.41, 5.74) is 0.563. The lowest BCUT2D eigenvalue weighted by Gasteiger charge is -2.06. The smallest absolute Gasteiger partial charge is 0.251 e. The molecule has 0 aliphatic carbocycles. The Morgan fingerprint density at radius 2 is 1.75 bits per heavy atom. The molecule has 0 saturated heterocycles.